The first-order valence-electron chi connectivity index (χ1n) is 3.77. The molecule has 12 heavy (non-hydrogen) atoms. The number of H-pyrrole nitrogens is 1. The van der Waals surface area contributed by atoms with Crippen LogP contribution in [-0.2, 0) is 9.53 Å². The number of carbonyl (C=O) groups excluding carboxylic acids is 1. The molecule has 1 saturated heterocycles. The molecule has 1 N–H and O–H groups in total. The maximum absolute atomic E-state index is 11.0. The van der Waals surface area contributed by atoms with Crippen molar-refractivity contribution < 1.29 is 9.53 Å². The van der Waals surface area contributed by atoms with Crippen molar-refractivity contribution in [3.05, 3.63) is 24.0 Å². The van der Waals surface area contributed by atoms with E-state index in [1.54, 1.807) is 0 Å². The summed E-state index contributed by atoms with van der Waals surface area (Å²) in [5, 5.41) is 0.209. The van der Waals surface area contributed by atoms with Crippen LogP contribution in [0, 0.1) is 0 Å². The molecule has 2 rings (SSSR count). The Morgan fingerprint density at radius 1 is 1.67 bits per heavy atom. The standard InChI is InChI=1S/C8H9NO2S/c10-8-4-7(11-5-12-8)6-2-1-3-9-6/h1-3,7,9H,4-5H2. The van der Waals surface area contributed by atoms with Gasteiger partial charge in [-0.25, -0.2) is 0 Å². The van der Waals surface area contributed by atoms with Crippen LogP contribution < -0.4 is 0 Å². The fourth-order valence-electron chi connectivity index (χ4n) is 1.20. The predicted molar refractivity (Wildman–Crippen MR) is 46.7 cm³/mol. The molecule has 1 fully saturated rings. The van der Waals surface area contributed by atoms with E-state index in [0.717, 1.165) is 5.69 Å². The molecule has 1 unspecified atom stereocenters. The van der Waals surface area contributed by atoms with Crippen molar-refractivity contribution >= 4 is 16.9 Å². The van der Waals surface area contributed by atoms with E-state index in [1.807, 2.05) is 18.3 Å². The number of ether oxygens (including phenoxy) is 1. The summed E-state index contributed by atoms with van der Waals surface area (Å²) in [5.41, 5.74) is 0.989. The van der Waals surface area contributed by atoms with E-state index >= 15 is 0 Å². The van der Waals surface area contributed by atoms with Crippen LogP contribution in [0.25, 0.3) is 0 Å². The maximum Gasteiger partial charge on any atom is 0.194 e. The number of aromatic amines is 1. The molecule has 0 aliphatic carbocycles. The number of thioether (sulfide) groups is 1. The lowest BCUT2D eigenvalue weighted by molar-refractivity contribution is -0.114. The van der Waals surface area contributed by atoms with Crippen molar-refractivity contribution in [3.63, 3.8) is 0 Å². The zero-order valence-corrected chi connectivity index (χ0v) is 7.26. The lowest BCUT2D eigenvalue weighted by atomic mass is 10.2. The third-order valence-corrected chi connectivity index (χ3v) is 2.55. The first kappa shape index (κ1) is 7.89. The summed E-state index contributed by atoms with van der Waals surface area (Å²) in [6.07, 6.45) is 2.25. The van der Waals surface area contributed by atoms with Crippen LogP contribution in [0.5, 0.6) is 0 Å². The third-order valence-electron chi connectivity index (χ3n) is 1.81. The minimum Gasteiger partial charge on any atom is -0.363 e. The quantitative estimate of drug-likeness (QED) is 0.720. The largest absolute Gasteiger partial charge is 0.363 e. The number of hydrogen-bond donors (Lipinski definition) is 1. The average molecular weight is 183 g/mol. The number of nitrogens with one attached hydrogen (secondary N) is 1. The van der Waals surface area contributed by atoms with Crippen LogP contribution >= 0.6 is 11.8 Å². The molecule has 0 amide bonds. The molecular weight excluding hydrogens is 174 g/mol. The van der Waals surface area contributed by atoms with Crippen molar-refractivity contribution in [2.24, 2.45) is 0 Å². The molecule has 3 nitrogen and oxygen atoms in total. The lowest BCUT2D eigenvalue weighted by Crippen LogP contribution is -2.15. The second kappa shape index (κ2) is 3.33. The first-order valence-corrected chi connectivity index (χ1v) is 4.75. The Balaban J connectivity index is 2.09. The van der Waals surface area contributed by atoms with Crippen molar-refractivity contribution in [3.8, 4) is 0 Å². The van der Waals surface area contributed by atoms with Crippen LogP contribution in [-0.4, -0.2) is 16.0 Å². The highest BCUT2D eigenvalue weighted by Crippen LogP contribution is 2.28. The highest BCUT2D eigenvalue weighted by atomic mass is 32.2. The van der Waals surface area contributed by atoms with E-state index in [4.69, 9.17) is 4.74 Å². The van der Waals surface area contributed by atoms with Crippen molar-refractivity contribution in [2.75, 3.05) is 5.94 Å². The fourth-order valence-corrected chi connectivity index (χ4v) is 1.83. The van der Waals surface area contributed by atoms with E-state index < -0.39 is 0 Å². The fraction of sp³-hybridized carbons (Fsp3) is 0.375. The first-order chi connectivity index (χ1) is 5.86. The predicted octanol–water partition coefficient (Wildman–Crippen LogP) is 1.69. The maximum atomic E-state index is 11.0. The zero-order valence-electron chi connectivity index (χ0n) is 6.45. The number of aromatic nitrogens is 1. The number of hydrogen-bond acceptors (Lipinski definition) is 3. The van der Waals surface area contributed by atoms with E-state index in [0.29, 0.717) is 12.4 Å². The van der Waals surface area contributed by atoms with E-state index in [-0.39, 0.29) is 11.2 Å². The van der Waals surface area contributed by atoms with E-state index in [1.165, 1.54) is 11.8 Å². The molecule has 0 bridgehead atoms. The van der Waals surface area contributed by atoms with Crippen molar-refractivity contribution in [1.82, 2.24) is 4.98 Å². The second-order valence-electron chi connectivity index (χ2n) is 2.62. The molecule has 4 heteroatoms. The van der Waals surface area contributed by atoms with Gasteiger partial charge in [-0.3, -0.25) is 4.79 Å². The topological polar surface area (TPSA) is 42.1 Å². The van der Waals surface area contributed by atoms with Gasteiger partial charge in [0.15, 0.2) is 5.12 Å². The molecule has 1 atom stereocenters. The molecule has 0 aromatic carbocycles. The van der Waals surface area contributed by atoms with Crippen LogP contribution in [0.3, 0.4) is 0 Å². The summed E-state index contributed by atoms with van der Waals surface area (Å²) >= 11 is 1.24. The van der Waals surface area contributed by atoms with Gasteiger partial charge in [-0.15, -0.1) is 0 Å². The van der Waals surface area contributed by atoms with Gasteiger partial charge < -0.3 is 9.72 Å². The molecule has 1 aromatic heterocycles. The van der Waals surface area contributed by atoms with Gasteiger partial charge in [0.25, 0.3) is 0 Å². The highest BCUT2D eigenvalue weighted by molar-refractivity contribution is 8.13. The van der Waals surface area contributed by atoms with Gasteiger partial charge in [0.2, 0.25) is 0 Å². The molecule has 1 aromatic rings. The minimum absolute atomic E-state index is 0.0613. The Morgan fingerprint density at radius 2 is 2.58 bits per heavy atom. The number of carbonyl (C=O) groups is 1. The second-order valence-corrected chi connectivity index (χ2v) is 3.60. The Morgan fingerprint density at radius 3 is 3.25 bits per heavy atom. The van der Waals surface area contributed by atoms with Crippen LogP contribution in [0.1, 0.15) is 18.2 Å². The average Bonchev–Trinajstić information content (AvgIpc) is 2.56. The Kier molecular flexibility index (Phi) is 2.19. The van der Waals surface area contributed by atoms with Crippen LogP contribution in [0.4, 0.5) is 0 Å². The summed E-state index contributed by atoms with van der Waals surface area (Å²) in [4.78, 5) is 14.1. The third kappa shape index (κ3) is 1.54. The summed E-state index contributed by atoms with van der Waals surface area (Å²) in [6.45, 7) is 0. The SMILES string of the molecule is O=C1CC(c2ccc[nH]2)OCS1. The summed E-state index contributed by atoms with van der Waals surface area (Å²) in [5.74, 6) is 0.475. The van der Waals surface area contributed by atoms with Gasteiger partial charge in [0, 0.05) is 18.3 Å². The van der Waals surface area contributed by atoms with E-state index in [2.05, 4.69) is 4.98 Å². The summed E-state index contributed by atoms with van der Waals surface area (Å²) in [6, 6.07) is 3.85. The molecule has 1 aliphatic rings. The Labute approximate surface area is 74.5 Å². The smallest absolute Gasteiger partial charge is 0.194 e. The highest BCUT2D eigenvalue weighted by Gasteiger charge is 2.22. The van der Waals surface area contributed by atoms with E-state index in [9.17, 15) is 4.79 Å². The van der Waals surface area contributed by atoms with Gasteiger partial charge in [-0.1, -0.05) is 11.8 Å². The van der Waals surface area contributed by atoms with Gasteiger partial charge in [-0.05, 0) is 12.1 Å². The molecule has 64 valence electrons. The Bertz CT molecular complexity index is 271. The molecule has 0 radical (unpaired) electrons. The molecular formula is C8H9NO2S. The van der Waals surface area contributed by atoms with Crippen molar-refractivity contribution in [2.45, 2.75) is 12.5 Å². The summed E-state index contributed by atoms with van der Waals surface area (Å²) in [7, 11) is 0. The van der Waals surface area contributed by atoms with Gasteiger partial charge in [0.1, 0.15) is 12.0 Å². The van der Waals surface area contributed by atoms with Crippen LogP contribution in [0.15, 0.2) is 18.3 Å². The van der Waals surface area contributed by atoms with Crippen molar-refractivity contribution in [1.29, 1.82) is 0 Å². The molecule has 1 aliphatic heterocycles. The lowest BCUT2D eigenvalue weighted by Gasteiger charge is -2.19. The molecule has 0 spiro atoms. The molecule has 0 saturated carbocycles. The summed E-state index contributed by atoms with van der Waals surface area (Å²) < 4.78 is 5.40. The normalized spacial score (nSPS) is 24.3. The van der Waals surface area contributed by atoms with Gasteiger partial charge in [-0.2, -0.15) is 0 Å². The van der Waals surface area contributed by atoms with Gasteiger partial charge >= 0.3 is 0 Å². The van der Waals surface area contributed by atoms with Crippen LogP contribution in [0.2, 0.25) is 0 Å². The monoisotopic (exact) mass is 183 g/mol. The Hall–Kier alpha value is -0.740. The minimum atomic E-state index is -0.0613. The molecule has 2 heterocycles. The zero-order chi connectivity index (χ0) is 8.39. The van der Waals surface area contributed by atoms with Gasteiger partial charge in [0.05, 0.1) is 0 Å². The number of rotatable bonds is 1.